The van der Waals surface area contributed by atoms with Gasteiger partial charge in [-0.2, -0.15) is 5.10 Å². The Morgan fingerprint density at radius 3 is 2.96 bits per heavy atom. The Kier molecular flexibility index (Phi) is 3.54. The molecule has 2 N–H and O–H groups in total. The van der Waals surface area contributed by atoms with E-state index < -0.39 is 0 Å². The molecule has 2 aliphatic rings. The molecular formula is C17H22N5O3+. The monoisotopic (exact) mass is 344 g/mol. The first-order valence-electron chi connectivity index (χ1n) is 8.52. The van der Waals surface area contributed by atoms with Gasteiger partial charge in [0, 0.05) is 22.4 Å². The normalized spacial score (nSPS) is 21.9. The number of hydrogen-bond acceptors (Lipinski definition) is 4. The predicted octanol–water partition coefficient (Wildman–Crippen LogP) is 1.42. The van der Waals surface area contributed by atoms with Crippen LogP contribution in [0.4, 0.5) is 0 Å². The van der Waals surface area contributed by atoms with Crippen molar-refractivity contribution in [2.24, 2.45) is 0 Å². The molecule has 8 heteroatoms. The van der Waals surface area contributed by atoms with Gasteiger partial charge in [0.05, 0.1) is 28.5 Å². The zero-order chi connectivity index (χ0) is 17.8. The summed E-state index contributed by atoms with van der Waals surface area (Å²) in [6, 6.07) is 0. The van der Waals surface area contributed by atoms with E-state index in [9.17, 15) is 9.70 Å². The van der Waals surface area contributed by atoms with Crippen molar-refractivity contribution in [3.05, 3.63) is 40.4 Å². The van der Waals surface area contributed by atoms with Crippen LogP contribution in [-0.4, -0.2) is 32.3 Å². The molecule has 1 fully saturated rings. The average Bonchev–Trinajstić information content (AvgIpc) is 3.08. The number of carbonyl (C=O) groups excluding carboxylic acids is 1. The number of hydrogen-bond donors (Lipinski definition) is 2. The summed E-state index contributed by atoms with van der Waals surface area (Å²) in [5.74, 6) is 0.312. The number of fused-ring (bicyclic) bond motifs is 4. The van der Waals surface area contributed by atoms with Gasteiger partial charge in [-0.25, -0.2) is 4.68 Å². The van der Waals surface area contributed by atoms with E-state index >= 15 is 0 Å². The number of ether oxygens (including phenoxy) is 1. The van der Waals surface area contributed by atoms with Crippen LogP contribution in [0.3, 0.4) is 0 Å². The Morgan fingerprint density at radius 2 is 2.24 bits per heavy atom. The number of aromatic amines is 1. The first-order chi connectivity index (χ1) is 11.8. The molecule has 25 heavy (non-hydrogen) atoms. The third kappa shape index (κ3) is 2.86. The van der Waals surface area contributed by atoms with E-state index in [1.165, 1.54) is 12.4 Å². The van der Waals surface area contributed by atoms with Crippen LogP contribution in [0.25, 0.3) is 5.82 Å². The van der Waals surface area contributed by atoms with Crippen LogP contribution in [-0.2, 0) is 11.2 Å². The first kappa shape index (κ1) is 16.0. The van der Waals surface area contributed by atoms with Crippen LogP contribution < -0.4 is 9.74 Å². The van der Waals surface area contributed by atoms with Gasteiger partial charge in [-0.1, -0.05) is 0 Å². The summed E-state index contributed by atoms with van der Waals surface area (Å²) in [5, 5.41) is 7.52. The number of H-pyrrole nitrogens is 1. The Balaban J connectivity index is 1.85. The quantitative estimate of drug-likeness (QED) is 0.806. The van der Waals surface area contributed by atoms with Gasteiger partial charge in [-0.3, -0.25) is 4.79 Å². The fourth-order valence-corrected chi connectivity index (χ4v) is 3.56. The average molecular weight is 344 g/mol. The van der Waals surface area contributed by atoms with Crippen molar-refractivity contribution in [3.63, 3.8) is 0 Å². The highest BCUT2D eigenvalue weighted by atomic mass is 16.5. The number of carbonyl (C=O) groups is 1. The van der Waals surface area contributed by atoms with Gasteiger partial charge < -0.3 is 15.0 Å². The maximum Gasteiger partial charge on any atom is 0.272 e. The van der Waals surface area contributed by atoms with Gasteiger partial charge in [0.15, 0.2) is 5.69 Å². The topological polar surface area (TPSA) is 94.9 Å². The molecule has 2 atom stereocenters. The van der Waals surface area contributed by atoms with Crippen molar-refractivity contribution >= 4 is 5.91 Å². The van der Waals surface area contributed by atoms with Crippen LogP contribution in [0.5, 0.6) is 0 Å². The van der Waals surface area contributed by atoms with Crippen molar-refractivity contribution in [3.8, 4) is 5.82 Å². The van der Waals surface area contributed by atoms with Crippen LogP contribution in [0.2, 0.25) is 0 Å². The lowest BCUT2D eigenvalue weighted by Gasteiger charge is -2.23. The largest absolute Gasteiger partial charge is 0.370 e. The minimum Gasteiger partial charge on any atom is -0.370 e. The second-order valence-corrected chi connectivity index (χ2v) is 7.69. The first-order valence-corrected chi connectivity index (χ1v) is 8.52. The Hall–Kier alpha value is -2.48. The maximum absolute atomic E-state index is 12.8. The molecule has 4 heterocycles. The van der Waals surface area contributed by atoms with Crippen LogP contribution >= 0.6 is 0 Å². The minimum absolute atomic E-state index is 0.105. The summed E-state index contributed by atoms with van der Waals surface area (Å²) < 4.78 is 8.39. The highest BCUT2D eigenvalue weighted by molar-refractivity contribution is 5.94. The second kappa shape index (κ2) is 5.52. The molecule has 1 amide bonds. The summed E-state index contributed by atoms with van der Waals surface area (Å²) in [7, 11) is 0. The molecule has 2 bridgehead atoms. The number of rotatable bonds is 2. The van der Waals surface area contributed by atoms with E-state index in [0.29, 0.717) is 22.4 Å². The third-order valence-corrected chi connectivity index (χ3v) is 4.51. The smallest absolute Gasteiger partial charge is 0.272 e. The second-order valence-electron chi connectivity index (χ2n) is 7.69. The molecule has 132 valence electrons. The van der Waals surface area contributed by atoms with E-state index in [-0.39, 0.29) is 23.7 Å². The Labute approximate surface area is 144 Å². The summed E-state index contributed by atoms with van der Waals surface area (Å²) >= 11 is 0. The molecule has 8 nitrogen and oxygen atoms in total. The lowest BCUT2D eigenvalue weighted by Crippen LogP contribution is -2.41. The molecule has 2 aromatic rings. The fraction of sp³-hybridized carbons (Fsp3) is 0.529. The highest BCUT2D eigenvalue weighted by Crippen LogP contribution is 2.43. The lowest BCUT2D eigenvalue weighted by molar-refractivity contribution is -0.495. The van der Waals surface area contributed by atoms with Gasteiger partial charge in [0.25, 0.3) is 12.1 Å². The predicted molar refractivity (Wildman–Crippen MR) is 89.1 cm³/mol. The van der Waals surface area contributed by atoms with Crippen LogP contribution in [0, 0.1) is 4.91 Å². The number of amides is 1. The summed E-state index contributed by atoms with van der Waals surface area (Å²) in [4.78, 5) is 27.5. The molecular weight excluding hydrogens is 322 g/mol. The molecule has 0 aliphatic carbocycles. The van der Waals surface area contributed by atoms with Gasteiger partial charge >= 0.3 is 0 Å². The van der Waals surface area contributed by atoms with Crippen molar-refractivity contribution in [1.82, 2.24) is 20.1 Å². The third-order valence-electron chi connectivity index (χ3n) is 4.51. The number of nitrogens with zero attached hydrogens (tertiary/aromatic N) is 3. The van der Waals surface area contributed by atoms with E-state index in [1.54, 1.807) is 10.9 Å². The van der Waals surface area contributed by atoms with E-state index in [1.807, 2.05) is 20.8 Å². The van der Waals surface area contributed by atoms with Crippen molar-refractivity contribution in [2.45, 2.75) is 57.8 Å². The Morgan fingerprint density at radius 1 is 1.44 bits per heavy atom. The SMILES string of the molecule is CC(C)(C)NC(=O)c1nn(-c2c[n+](=O)cc[nH]2)c2c1C1CCC(C2)O1. The molecule has 0 radical (unpaired) electrons. The molecule has 2 aliphatic heterocycles. The van der Waals surface area contributed by atoms with Gasteiger partial charge in [0.2, 0.25) is 12.0 Å². The summed E-state index contributed by atoms with van der Waals surface area (Å²) in [5.41, 5.74) is 1.81. The molecule has 1 saturated heterocycles. The molecule has 0 saturated carbocycles. The zero-order valence-electron chi connectivity index (χ0n) is 14.6. The van der Waals surface area contributed by atoms with Crippen molar-refractivity contribution in [2.75, 3.05) is 0 Å². The van der Waals surface area contributed by atoms with Gasteiger partial charge in [-0.05, 0) is 33.6 Å². The maximum atomic E-state index is 12.8. The summed E-state index contributed by atoms with van der Waals surface area (Å²) in [6.45, 7) is 5.80. The lowest BCUT2D eigenvalue weighted by atomic mass is 10.0. The number of nitrogens with one attached hydrogen (secondary N) is 2. The molecule has 0 aromatic carbocycles. The molecule has 2 unspecified atom stereocenters. The van der Waals surface area contributed by atoms with Crippen molar-refractivity contribution < 1.29 is 14.0 Å². The molecule has 2 aromatic heterocycles. The highest BCUT2D eigenvalue weighted by Gasteiger charge is 2.41. The van der Waals surface area contributed by atoms with Crippen LogP contribution in [0.15, 0.2) is 18.6 Å². The summed E-state index contributed by atoms with van der Waals surface area (Å²) in [6.07, 6.45) is 6.93. The molecule has 4 rings (SSSR count). The zero-order valence-corrected chi connectivity index (χ0v) is 14.6. The number of aromatic nitrogens is 4. The van der Waals surface area contributed by atoms with E-state index in [2.05, 4.69) is 15.4 Å². The minimum atomic E-state index is -0.363. The molecule has 0 spiro atoms. The van der Waals surface area contributed by atoms with E-state index in [4.69, 9.17) is 4.74 Å². The van der Waals surface area contributed by atoms with Crippen LogP contribution in [0.1, 0.15) is 61.5 Å². The van der Waals surface area contributed by atoms with Crippen molar-refractivity contribution in [1.29, 1.82) is 0 Å². The van der Waals surface area contributed by atoms with Gasteiger partial charge in [-0.15, -0.1) is 0 Å². The van der Waals surface area contributed by atoms with Gasteiger partial charge in [0.1, 0.15) is 0 Å². The van der Waals surface area contributed by atoms with E-state index in [0.717, 1.165) is 24.1 Å². The fourth-order valence-electron chi connectivity index (χ4n) is 3.56. The Bertz CT molecular complexity index is 892. The standard InChI is InChI=1S/C17H21N5O3/c1-17(2,3)19-16(23)15-14-11(8-10-4-5-12(14)25-10)22(20-15)13-9-21(24)7-6-18-13/h6-7,9-10,12H,4-5,8H2,1-3H3,(H-,18,19,23,24)/p+1.